The third kappa shape index (κ3) is 4.01. The summed E-state index contributed by atoms with van der Waals surface area (Å²) in [7, 11) is 1.57. The van der Waals surface area contributed by atoms with E-state index in [-0.39, 0.29) is 23.7 Å². The van der Waals surface area contributed by atoms with Crippen molar-refractivity contribution in [1.82, 2.24) is 15.1 Å². The highest BCUT2D eigenvalue weighted by Crippen LogP contribution is 2.25. The molecule has 0 spiro atoms. The topological polar surface area (TPSA) is 84.4 Å². The molecule has 0 unspecified atom stereocenters. The summed E-state index contributed by atoms with van der Waals surface area (Å²) in [6.07, 6.45) is 0.636. The number of nitrogens with one attached hydrogen (secondary N) is 1. The van der Waals surface area contributed by atoms with Gasteiger partial charge in [0.2, 0.25) is 11.0 Å². The number of carbonyl (C=O) groups excluding carboxylic acids is 2. The number of methoxy groups -OCH3 is 1. The maximum atomic E-state index is 12.6. The average molecular weight is 374 g/mol. The van der Waals surface area contributed by atoms with Crippen LogP contribution >= 0.6 is 11.3 Å². The molecule has 8 heteroatoms. The highest BCUT2D eigenvalue weighted by Gasteiger charge is 2.32. The SMILES string of the molecule is COc1cccc(C(=O)N2CC[C@H](C(=O)Nc3nnc(C(C)C)s3)C2)c1. The zero-order valence-electron chi connectivity index (χ0n) is 15.1. The number of likely N-dealkylation sites (tertiary alicyclic amines) is 1. The molecule has 26 heavy (non-hydrogen) atoms. The standard InChI is InChI=1S/C18H22N4O3S/c1-11(2)16-20-21-18(26-16)19-15(23)13-7-8-22(10-13)17(24)12-5-4-6-14(9-12)25-3/h4-6,9,11,13H,7-8,10H2,1-3H3,(H,19,21,23)/t13-/m0/s1. The molecule has 1 aliphatic rings. The fraction of sp³-hybridized carbons (Fsp3) is 0.444. The lowest BCUT2D eigenvalue weighted by atomic mass is 10.1. The van der Waals surface area contributed by atoms with Crippen LogP contribution in [-0.2, 0) is 4.79 Å². The number of carbonyl (C=O) groups is 2. The van der Waals surface area contributed by atoms with Crippen LogP contribution in [-0.4, -0.2) is 47.1 Å². The molecule has 0 radical (unpaired) electrons. The second-order valence-corrected chi connectivity index (χ2v) is 7.57. The van der Waals surface area contributed by atoms with Crippen molar-refractivity contribution in [2.24, 2.45) is 5.92 Å². The molecule has 1 saturated heterocycles. The zero-order valence-corrected chi connectivity index (χ0v) is 15.9. The summed E-state index contributed by atoms with van der Waals surface area (Å²) in [6.45, 7) is 5.02. The summed E-state index contributed by atoms with van der Waals surface area (Å²) < 4.78 is 5.17. The van der Waals surface area contributed by atoms with Gasteiger partial charge in [-0.3, -0.25) is 9.59 Å². The summed E-state index contributed by atoms with van der Waals surface area (Å²) in [5, 5.41) is 12.3. The predicted molar refractivity (Wildman–Crippen MR) is 99.6 cm³/mol. The zero-order chi connectivity index (χ0) is 18.7. The quantitative estimate of drug-likeness (QED) is 0.870. The van der Waals surface area contributed by atoms with Crippen LogP contribution in [0, 0.1) is 5.92 Å². The van der Waals surface area contributed by atoms with Crippen LogP contribution in [0.2, 0.25) is 0 Å². The van der Waals surface area contributed by atoms with E-state index in [2.05, 4.69) is 15.5 Å². The third-order valence-electron chi connectivity index (χ3n) is 4.33. The molecule has 1 N–H and O–H groups in total. The van der Waals surface area contributed by atoms with Crippen molar-refractivity contribution in [3.05, 3.63) is 34.8 Å². The lowest BCUT2D eigenvalue weighted by Crippen LogP contribution is -2.31. The maximum absolute atomic E-state index is 12.6. The molecule has 2 aromatic rings. The molecule has 0 bridgehead atoms. The molecule has 3 rings (SSSR count). The number of ether oxygens (including phenoxy) is 1. The first-order valence-corrected chi connectivity index (χ1v) is 9.37. The number of rotatable bonds is 5. The summed E-state index contributed by atoms with van der Waals surface area (Å²) >= 11 is 1.39. The molecule has 2 amide bonds. The fourth-order valence-corrected chi connectivity index (χ4v) is 3.57. The van der Waals surface area contributed by atoms with Crippen LogP contribution < -0.4 is 10.1 Å². The van der Waals surface area contributed by atoms with Gasteiger partial charge in [0.15, 0.2) is 0 Å². The fourth-order valence-electron chi connectivity index (χ4n) is 2.82. The second kappa shape index (κ2) is 7.82. The van der Waals surface area contributed by atoms with Crippen molar-refractivity contribution in [3.8, 4) is 5.75 Å². The van der Waals surface area contributed by atoms with Crippen molar-refractivity contribution < 1.29 is 14.3 Å². The largest absolute Gasteiger partial charge is 0.497 e. The van der Waals surface area contributed by atoms with E-state index in [0.717, 1.165) is 5.01 Å². The Hall–Kier alpha value is -2.48. The van der Waals surface area contributed by atoms with E-state index in [4.69, 9.17) is 4.74 Å². The van der Waals surface area contributed by atoms with Crippen molar-refractivity contribution >= 4 is 28.3 Å². The van der Waals surface area contributed by atoms with Gasteiger partial charge in [0.05, 0.1) is 13.0 Å². The number of aromatic nitrogens is 2. The second-order valence-electron chi connectivity index (χ2n) is 6.56. The van der Waals surface area contributed by atoms with Crippen LogP contribution in [0.1, 0.15) is 41.6 Å². The van der Waals surface area contributed by atoms with Gasteiger partial charge in [-0.1, -0.05) is 31.3 Å². The van der Waals surface area contributed by atoms with Gasteiger partial charge in [-0.15, -0.1) is 10.2 Å². The summed E-state index contributed by atoms with van der Waals surface area (Å²) in [5.41, 5.74) is 0.566. The highest BCUT2D eigenvalue weighted by molar-refractivity contribution is 7.15. The summed E-state index contributed by atoms with van der Waals surface area (Å²) in [4.78, 5) is 26.8. The van der Waals surface area contributed by atoms with Crippen molar-refractivity contribution in [3.63, 3.8) is 0 Å². The normalized spacial score (nSPS) is 16.8. The molecule has 7 nitrogen and oxygen atoms in total. The van der Waals surface area contributed by atoms with Gasteiger partial charge in [0.25, 0.3) is 5.91 Å². The van der Waals surface area contributed by atoms with E-state index in [9.17, 15) is 9.59 Å². The number of benzene rings is 1. The van der Waals surface area contributed by atoms with Crippen molar-refractivity contribution in [1.29, 1.82) is 0 Å². The molecular formula is C18H22N4O3S. The minimum Gasteiger partial charge on any atom is -0.497 e. The molecule has 2 heterocycles. The van der Waals surface area contributed by atoms with Crippen molar-refractivity contribution in [2.75, 3.05) is 25.5 Å². The Labute approximate surface area is 156 Å². The monoisotopic (exact) mass is 374 g/mol. The molecule has 0 aliphatic carbocycles. The lowest BCUT2D eigenvalue weighted by Gasteiger charge is -2.16. The molecule has 0 saturated carbocycles. The van der Waals surface area contributed by atoms with Gasteiger partial charge in [-0.2, -0.15) is 0 Å². The maximum Gasteiger partial charge on any atom is 0.254 e. The van der Waals surface area contributed by atoms with Crippen molar-refractivity contribution in [2.45, 2.75) is 26.2 Å². The molecule has 1 aliphatic heterocycles. The molecule has 1 aromatic carbocycles. The number of hydrogen-bond acceptors (Lipinski definition) is 6. The van der Waals surface area contributed by atoms with E-state index in [1.54, 1.807) is 36.3 Å². The van der Waals surface area contributed by atoms with Gasteiger partial charge in [-0.25, -0.2) is 0 Å². The number of amides is 2. The summed E-state index contributed by atoms with van der Waals surface area (Å²) in [6, 6.07) is 7.05. The lowest BCUT2D eigenvalue weighted by molar-refractivity contribution is -0.119. The highest BCUT2D eigenvalue weighted by atomic mass is 32.1. The minimum atomic E-state index is -0.240. The van der Waals surface area contributed by atoms with E-state index in [0.29, 0.717) is 36.0 Å². The van der Waals surface area contributed by atoms with Gasteiger partial charge in [-0.05, 0) is 24.6 Å². The van der Waals surface area contributed by atoms with Crippen LogP contribution in [0.3, 0.4) is 0 Å². The first-order chi connectivity index (χ1) is 12.5. The van der Waals surface area contributed by atoms with Crippen LogP contribution in [0.5, 0.6) is 5.75 Å². The van der Waals surface area contributed by atoms with E-state index in [1.165, 1.54) is 11.3 Å². The number of hydrogen-bond donors (Lipinski definition) is 1. The Morgan fingerprint density at radius 1 is 1.35 bits per heavy atom. The van der Waals surface area contributed by atoms with Gasteiger partial charge < -0.3 is 15.0 Å². The number of anilines is 1. The molecule has 1 fully saturated rings. The number of nitrogens with zero attached hydrogens (tertiary/aromatic N) is 3. The van der Waals surface area contributed by atoms with E-state index >= 15 is 0 Å². The van der Waals surface area contributed by atoms with E-state index < -0.39 is 0 Å². The first-order valence-electron chi connectivity index (χ1n) is 8.55. The van der Waals surface area contributed by atoms with Crippen LogP contribution in [0.25, 0.3) is 0 Å². The average Bonchev–Trinajstić information content (AvgIpc) is 3.30. The molecule has 1 aromatic heterocycles. The Bertz CT molecular complexity index is 805. The van der Waals surface area contributed by atoms with Crippen LogP contribution in [0.15, 0.2) is 24.3 Å². The van der Waals surface area contributed by atoms with Gasteiger partial charge in [0.1, 0.15) is 10.8 Å². The predicted octanol–water partition coefficient (Wildman–Crippen LogP) is 2.77. The van der Waals surface area contributed by atoms with E-state index in [1.807, 2.05) is 13.8 Å². The van der Waals surface area contributed by atoms with Crippen LogP contribution in [0.4, 0.5) is 5.13 Å². The smallest absolute Gasteiger partial charge is 0.254 e. The Balaban J connectivity index is 1.60. The summed E-state index contributed by atoms with van der Waals surface area (Å²) in [5.74, 6) is 0.479. The Morgan fingerprint density at radius 3 is 2.85 bits per heavy atom. The van der Waals surface area contributed by atoms with Gasteiger partial charge >= 0.3 is 0 Å². The van der Waals surface area contributed by atoms with Gasteiger partial charge in [0, 0.05) is 24.6 Å². The molecule has 138 valence electrons. The molecule has 1 atom stereocenters. The molecular weight excluding hydrogens is 352 g/mol. The minimum absolute atomic E-state index is 0.0859. The third-order valence-corrected chi connectivity index (χ3v) is 5.47. The first kappa shape index (κ1) is 18.3. The Morgan fingerprint density at radius 2 is 2.15 bits per heavy atom. The Kier molecular flexibility index (Phi) is 5.51.